The molecule has 2 rings (SSSR count). The molecule has 0 atom stereocenters. The van der Waals surface area contributed by atoms with Crippen LogP contribution in [0.1, 0.15) is 12.8 Å². The van der Waals surface area contributed by atoms with E-state index in [2.05, 4.69) is 21.4 Å². The molecule has 0 unspecified atom stereocenters. The molecule has 1 aromatic rings. The second-order valence-corrected chi connectivity index (χ2v) is 3.69. The van der Waals surface area contributed by atoms with Gasteiger partial charge in [0.15, 0.2) is 0 Å². The average molecular weight is 203 g/mol. The Hall–Kier alpha value is -1.83. The van der Waals surface area contributed by atoms with E-state index in [1.165, 1.54) is 19.2 Å². The molecule has 0 spiro atoms. The summed E-state index contributed by atoms with van der Waals surface area (Å²) in [6, 6.07) is 4.53. The predicted molar refractivity (Wildman–Crippen MR) is 57.6 cm³/mol. The van der Waals surface area contributed by atoms with E-state index >= 15 is 0 Å². The van der Waals surface area contributed by atoms with Crippen LogP contribution in [-0.4, -0.2) is 29.6 Å². The lowest BCUT2D eigenvalue weighted by Gasteiger charge is -2.14. The molecule has 1 aliphatic carbocycles. The number of anilines is 2. The van der Waals surface area contributed by atoms with Crippen molar-refractivity contribution in [1.29, 1.82) is 5.26 Å². The zero-order valence-electron chi connectivity index (χ0n) is 8.64. The van der Waals surface area contributed by atoms with E-state index in [9.17, 15) is 0 Å². The van der Waals surface area contributed by atoms with Crippen LogP contribution in [0, 0.1) is 11.3 Å². The van der Waals surface area contributed by atoms with E-state index < -0.39 is 0 Å². The molecule has 0 bridgehead atoms. The highest BCUT2D eigenvalue weighted by Gasteiger charge is 2.21. The minimum absolute atomic E-state index is 0.333. The number of nitrogens with one attached hydrogen (secondary N) is 1. The Balaban J connectivity index is 2.07. The number of rotatable bonds is 4. The Morgan fingerprint density at radius 3 is 3.07 bits per heavy atom. The summed E-state index contributed by atoms with van der Waals surface area (Å²) in [5, 5.41) is 11.9. The van der Waals surface area contributed by atoms with E-state index in [0.29, 0.717) is 12.6 Å². The van der Waals surface area contributed by atoms with Crippen LogP contribution < -0.4 is 10.2 Å². The molecule has 1 aliphatic rings. The smallest absolute Gasteiger partial charge is 0.134 e. The van der Waals surface area contributed by atoms with Gasteiger partial charge >= 0.3 is 0 Å². The Kier molecular flexibility index (Phi) is 2.68. The van der Waals surface area contributed by atoms with Gasteiger partial charge in [-0.1, -0.05) is 0 Å². The first kappa shape index (κ1) is 9.71. The minimum Gasteiger partial charge on any atom is -0.367 e. The second-order valence-electron chi connectivity index (χ2n) is 3.69. The average Bonchev–Trinajstić information content (AvgIpc) is 3.03. The number of hydrogen-bond acceptors (Lipinski definition) is 5. The van der Waals surface area contributed by atoms with Gasteiger partial charge in [-0.3, -0.25) is 0 Å². The first-order valence-corrected chi connectivity index (χ1v) is 4.96. The third-order valence-corrected chi connectivity index (χ3v) is 2.28. The molecule has 1 fully saturated rings. The zero-order chi connectivity index (χ0) is 10.7. The lowest BCUT2D eigenvalue weighted by atomic mass is 10.4. The van der Waals surface area contributed by atoms with Crippen molar-refractivity contribution in [2.45, 2.75) is 18.9 Å². The third kappa shape index (κ3) is 2.56. The lowest BCUT2D eigenvalue weighted by molar-refractivity contribution is 0.974. The van der Waals surface area contributed by atoms with Gasteiger partial charge in [0.2, 0.25) is 0 Å². The molecule has 78 valence electrons. The topological polar surface area (TPSA) is 64.8 Å². The highest BCUT2D eigenvalue weighted by molar-refractivity contribution is 5.49. The summed E-state index contributed by atoms with van der Waals surface area (Å²) >= 11 is 0. The Morgan fingerprint density at radius 1 is 1.60 bits per heavy atom. The van der Waals surface area contributed by atoms with Crippen LogP contribution in [0.2, 0.25) is 0 Å². The molecule has 15 heavy (non-hydrogen) atoms. The fraction of sp³-hybridized carbons (Fsp3) is 0.500. The highest BCUT2D eigenvalue weighted by Crippen LogP contribution is 2.24. The van der Waals surface area contributed by atoms with Crippen molar-refractivity contribution in [2.24, 2.45) is 0 Å². The van der Waals surface area contributed by atoms with Gasteiger partial charge in [-0.25, -0.2) is 9.97 Å². The summed E-state index contributed by atoms with van der Waals surface area (Å²) in [5.74, 6) is 1.61. The highest BCUT2D eigenvalue weighted by atomic mass is 15.2. The zero-order valence-corrected chi connectivity index (χ0v) is 8.64. The molecular formula is C10H13N5. The molecule has 1 aromatic heterocycles. The molecule has 5 heteroatoms. The fourth-order valence-corrected chi connectivity index (χ4v) is 1.26. The van der Waals surface area contributed by atoms with Gasteiger partial charge in [0.25, 0.3) is 0 Å². The molecule has 0 radical (unpaired) electrons. The van der Waals surface area contributed by atoms with Crippen LogP contribution in [0.4, 0.5) is 11.6 Å². The number of nitrogens with zero attached hydrogens (tertiary/aromatic N) is 4. The van der Waals surface area contributed by atoms with Gasteiger partial charge in [-0.2, -0.15) is 5.26 Å². The summed E-state index contributed by atoms with van der Waals surface area (Å²) in [5.41, 5.74) is 0. The molecule has 1 heterocycles. The van der Waals surface area contributed by atoms with Gasteiger partial charge < -0.3 is 10.2 Å². The SMILES string of the molecule is CN(CC#N)c1cc(NC2CC2)ncn1. The lowest BCUT2D eigenvalue weighted by Crippen LogP contribution is -2.18. The molecular weight excluding hydrogens is 190 g/mol. The first-order chi connectivity index (χ1) is 7.29. The van der Waals surface area contributed by atoms with E-state index in [1.54, 1.807) is 4.90 Å². The van der Waals surface area contributed by atoms with Crippen molar-refractivity contribution in [1.82, 2.24) is 9.97 Å². The number of nitriles is 1. The van der Waals surface area contributed by atoms with Crippen LogP contribution in [-0.2, 0) is 0 Å². The third-order valence-electron chi connectivity index (χ3n) is 2.28. The first-order valence-electron chi connectivity index (χ1n) is 4.96. The molecule has 5 nitrogen and oxygen atoms in total. The number of hydrogen-bond donors (Lipinski definition) is 1. The van der Waals surface area contributed by atoms with Crippen molar-refractivity contribution in [3.05, 3.63) is 12.4 Å². The van der Waals surface area contributed by atoms with E-state index in [-0.39, 0.29) is 0 Å². The Morgan fingerprint density at radius 2 is 2.40 bits per heavy atom. The van der Waals surface area contributed by atoms with Crippen LogP contribution in [0.25, 0.3) is 0 Å². The summed E-state index contributed by atoms with van der Waals surface area (Å²) in [7, 11) is 1.84. The van der Waals surface area contributed by atoms with Crippen LogP contribution in [0.3, 0.4) is 0 Å². The summed E-state index contributed by atoms with van der Waals surface area (Å²) < 4.78 is 0. The standard InChI is InChI=1S/C10H13N5/c1-15(5-4-11)10-6-9(12-7-13-10)14-8-2-3-8/h6-8H,2-3,5H2,1H3,(H,12,13,14). The van der Waals surface area contributed by atoms with E-state index in [0.717, 1.165) is 11.6 Å². The van der Waals surface area contributed by atoms with Gasteiger partial charge in [0.05, 0.1) is 6.07 Å². The molecule has 1 saturated carbocycles. The Labute approximate surface area is 88.8 Å². The minimum atomic E-state index is 0.333. The van der Waals surface area contributed by atoms with Crippen LogP contribution >= 0.6 is 0 Å². The number of aromatic nitrogens is 2. The maximum absolute atomic E-state index is 8.57. The van der Waals surface area contributed by atoms with Crippen LogP contribution in [0.5, 0.6) is 0 Å². The molecule has 0 saturated heterocycles. The molecule has 0 amide bonds. The summed E-state index contributed by atoms with van der Waals surface area (Å²) in [6.45, 7) is 0.333. The quantitative estimate of drug-likeness (QED) is 0.740. The van der Waals surface area contributed by atoms with Crippen molar-refractivity contribution >= 4 is 11.6 Å². The normalized spacial score (nSPS) is 14.4. The van der Waals surface area contributed by atoms with Gasteiger partial charge in [-0.05, 0) is 12.8 Å². The monoisotopic (exact) mass is 203 g/mol. The summed E-state index contributed by atoms with van der Waals surface area (Å²) in [4.78, 5) is 10.0. The molecule has 1 N–H and O–H groups in total. The van der Waals surface area contributed by atoms with Gasteiger partial charge in [0, 0.05) is 19.2 Å². The Bertz CT molecular complexity index is 380. The largest absolute Gasteiger partial charge is 0.367 e. The maximum atomic E-state index is 8.57. The second kappa shape index (κ2) is 4.13. The molecule has 0 aliphatic heterocycles. The fourth-order valence-electron chi connectivity index (χ4n) is 1.26. The van der Waals surface area contributed by atoms with Crippen molar-refractivity contribution in [3.8, 4) is 6.07 Å². The van der Waals surface area contributed by atoms with Crippen molar-refractivity contribution in [3.63, 3.8) is 0 Å². The van der Waals surface area contributed by atoms with Crippen molar-refractivity contribution in [2.75, 3.05) is 23.8 Å². The van der Waals surface area contributed by atoms with E-state index in [4.69, 9.17) is 5.26 Å². The van der Waals surface area contributed by atoms with E-state index in [1.807, 2.05) is 13.1 Å². The van der Waals surface area contributed by atoms with Gasteiger partial charge in [0.1, 0.15) is 24.5 Å². The van der Waals surface area contributed by atoms with Crippen molar-refractivity contribution < 1.29 is 0 Å². The van der Waals surface area contributed by atoms with Gasteiger partial charge in [-0.15, -0.1) is 0 Å². The molecule has 0 aromatic carbocycles. The predicted octanol–water partition coefficient (Wildman–Crippen LogP) is 1.01. The summed E-state index contributed by atoms with van der Waals surface area (Å²) in [6.07, 6.45) is 3.95. The van der Waals surface area contributed by atoms with Crippen LogP contribution in [0.15, 0.2) is 12.4 Å². The maximum Gasteiger partial charge on any atom is 0.134 e.